The van der Waals surface area contributed by atoms with E-state index in [2.05, 4.69) is 10.3 Å². The van der Waals surface area contributed by atoms with Gasteiger partial charge in [-0.05, 0) is 18.6 Å². The predicted octanol–water partition coefficient (Wildman–Crippen LogP) is 2.58. The molecule has 2 rings (SSSR count). The molecule has 6 heteroatoms. The first-order chi connectivity index (χ1) is 10.1. The first kappa shape index (κ1) is 15.2. The average molecular weight is 303 g/mol. The maximum Gasteiger partial charge on any atom is 0.224 e. The fourth-order valence-corrected chi connectivity index (χ4v) is 2.66. The van der Waals surface area contributed by atoms with Crippen molar-refractivity contribution < 1.29 is 9.59 Å². The van der Waals surface area contributed by atoms with Crippen molar-refractivity contribution in [1.82, 2.24) is 4.98 Å². The summed E-state index contributed by atoms with van der Waals surface area (Å²) in [4.78, 5) is 26.7. The number of carbonyl (C=O) groups excluding carboxylic acids is 2. The standard InChI is InChI=1S/C15H17N3O2S/c1-2-3-14(20)17-11-6-4-10(5-7-11)12-9-21-15(18-12)8-13(16)19/h4-7,9H,2-3,8H2,1H3,(H2,16,19)(H,17,20). The lowest BCUT2D eigenvalue weighted by atomic mass is 10.1. The Morgan fingerprint density at radius 3 is 2.62 bits per heavy atom. The van der Waals surface area contributed by atoms with E-state index in [4.69, 9.17) is 5.73 Å². The third-order valence-electron chi connectivity index (χ3n) is 2.82. The number of amides is 2. The van der Waals surface area contributed by atoms with Crippen molar-refractivity contribution in [2.45, 2.75) is 26.2 Å². The van der Waals surface area contributed by atoms with Crippen molar-refractivity contribution >= 4 is 28.8 Å². The molecule has 0 atom stereocenters. The zero-order valence-electron chi connectivity index (χ0n) is 11.8. The fraction of sp³-hybridized carbons (Fsp3) is 0.267. The molecule has 0 unspecified atom stereocenters. The molecule has 110 valence electrons. The summed E-state index contributed by atoms with van der Waals surface area (Å²) in [6.07, 6.45) is 1.51. The predicted molar refractivity (Wildman–Crippen MR) is 84.0 cm³/mol. The van der Waals surface area contributed by atoms with Crippen LogP contribution in [0.5, 0.6) is 0 Å². The minimum absolute atomic E-state index is 0.0163. The number of nitrogens with one attached hydrogen (secondary N) is 1. The second-order valence-corrected chi connectivity index (χ2v) is 5.59. The minimum atomic E-state index is -0.384. The van der Waals surface area contributed by atoms with Gasteiger partial charge in [-0.3, -0.25) is 9.59 Å². The Hall–Kier alpha value is -2.21. The largest absolute Gasteiger partial charge is 0.369 e. The Labute approximate surface area is 127 Å². The van der Waals surface area contributed by atoms with E-state index in [1.54, 1.807) is 0 Å². The smallest absolute Gasteiger partial charge is 0.224 e. The van der Waals surface area contributed by atoms with E-state index < -0.39 is 0 Å². The van der Waals surface area contributed by atoms with Crippen LogP contribution < -0.4 is 11.1 Å². The molecule has 0 bridgehead atoms. The molecule has 21 heavy (non-hydrogen) atoms. The van der Waals surface area contributed by atoms with Crippen LogP contribution in [0.2, 0.25) is 0 Å². The monoisotopic (exact) mass is 303 g/mol. The van der Waals surface area contributed by atoms with Crippen LogP contribution in [0.3, 0.4) is 0 Å². The highest BCUT2D eigenvalue weighted by Crippen LogP contribution is 2.23. The van der Waals surface area contributed by atoms with E-state index in [0.717, 1.165) is 23.4 Å². The number of aromatic nitrogens is 1. The molecule has 2 aromatic rings. The Kier molecular flexibility index (Phi) is 5.05. The van der Waals surface area contributed by atoms with E-state index in [1.165, 1.54) is 11.3 Å². The molecule has 0 aliphatic heterocycles. The molecule has 1 aromatic carbocycles. The van der Waals surface area contributed by atoms with Crippen molar-refractivity contribution in [3.05, 3.63) is 34.7 Å². The number of anilines is 1. The van der Waals surface area contributed by atoms with Gasteiger partial charge < -0.3 is 11.1 Å². The zero-order valence-corrected chi connectivity index (χ0v) is 12.6. The van der Waals surface area contributed by atoms with E-state index in [0.29, 0.717) is 11.4 Å². The summed E-state index contributed by atoms with van der Waals surface area (Å²) >= 11 is 1.41. The molecule has 0 saturated carbocycles. The number of carbonyl (C=O) groups is 2. The zero-order chi connectivity index (χ0) is 15.2. The molecule has 0 saturated heterocycles. The summed E-state index contributed by atoms with van der Waals surface area (Å²) in [5.41, 5.74) is 7.67. The second kappa shape index (κ2) is 6.99. The number of benzene rings is 1. The fourth-order valence-electron chi connectivity index (χ4n) is 1.85. The maximum absolute atomic E-state index is 11.5. The number of hydrogen-bond acceptors (Lipinski definition) is 4. The van der Waals surface area contributed by atoms with Gasteiger partial charge in [0, 0.05) is 23.1 Å². The Bertz CT molecular complexity index is 635. The summed E-state index contributed by atoms with van der Waals surface area (Å²) in [6.45, 7) is 1.97. The Morgan fingerprint density at radius 2 is 2.00 bits per heavy atom. The van der Waals surface area contributed by atoms with Crippen molar-refractivity contribution in [2.75, 3.05) is 5.32 Å². The molecular weight excluding hydrogens is 286 g/mol. The van der Waals surface area contributed by atoms with E-state index in [1.807, 2.05) is 36.6 Å². The number of thiazole rings is 1. The lowest BCUT2D eigenvalue weighted by molar-refractivity contribution is -0.117. The summed E-state index contributed by atoms with van der Waals surface area (Å²) in [5.74, 6) is -0.368. The van der Waals surface area contributed by atoms with Crippen molar-refractivity contribution in [3.63, 3.8) is 0 Å². The van der Waals surface area contributed by atoms with E-state index in [9.17, 15) is 9.59 Å². The molecule has 0 fully saturated rings. The third kappa shape index (κ3) is 4.39. The molecule has 0 aliphatic rings. The minimum Gasteiger partial charge on any atom is -0.369 e. The van der Waals surface area contributed by atoms with Crippen LogP contribution in [-0.2, 0) is 16.0 Å². The summed E-state index contributed by atoms with van der Waals surface area (Å²) in [5, 5.41) is 5.43. The van der Waals surface area contributed by atoms with Gasteiger partial charge in [0.2, 0.25) is 11.8 Å². The molecule has 1 aromatic heterocycles. The van der Waals surface area contributed by atoms with Gasteiger partial charge in [-0.25, -0.2) is 4.98 Å². The molecule has 0 aliphatic carbocycles. The molecule has 2 amide bonds. The third-order valence-corrected chi connectivity index (χ3v) is 3.67. The maximum atomic E-state index is 11.5. The normalized spacial score (nSPS) is 10.3. The van der Waals surface area contributed by atoms with Gasteiger partial charge in [-0.15, -0.1) is 11.3 Å². The van der Waals surface area contributed by atoms with Gasteiger partial charge in [0.1, 0.15) is 5.01 Å². The van der Waals surface area contributed by atoms with Crippen molar-refractivity contribution in [1.29, 1.82) is 0 Å². The van der Waals surface area contributed by atoms with Crippen LogP contribution >= 0.6 is 11.3 Å². The molecule has 5 nitrogen and oxygen atoms in total. The van der Waals surface area contributed by atoms with Crippen molar-refractivity contribution in [3.8, 4) is 11.3 Å². The quantitative estimate of drug-likeness (QED) is 0.860. The van der Waals surface area contributed by atoms with Gasteiger partial charge in [0.05, 0.1) is 12.1 Å². The average Bonchev–Trinajstić information content (AvgIpc) is 2.87. The van der Waals surface area contributed by atoms with Gasteiger partial charge >= 0.3 is 0 Å². The molecule has 0 radical (unpaired) electrons. The number of primary amides is 1. The van der Waals surface area contributed by atoms with Crippen LogP contribution in [0, 0.1) is 0 Å². The van der Waals surface area contributed by atoms with Gasteiger partial charge in [-0.1, -0.05) is 19.1 Å². The summed E-state index contributed by atoms with van der Waals surface area (Å²) < 4.78 is 0. The first-order valence-corrected chi connectivity index (χ1v) is 7.59. The highest BCUT2D eigenvalue weighted by molar-refractivity contribution is 7.10. The van der Waals surface area contributed by atoms with Gasteiger partial charge in [0.25, 0.3) is 0 Å². The topological polar surface area (TPSA) is 85.1 Å². The van der Waals surface area contributed by atoms with Crippen LogP contribution in [0.4, 0.5) is 5.69 Å². The SMILES string of the molecule is CCCC(=O)Nc1ccc(-c2csc(CC(N)=O)n2)cc1. The van der Waals surface area contributed by atoms with Crippen LogP contribution in [0.15, 0.2) is 29.6 Å². The van der Waals surface area contributed by atoms with Gasteiger partial charge in [0.15, 0.2) is 0 Å². The first-order valence-electron chi connectivity index (χ1n) is 6.71. The second-order valence-electron chi connectivity index (χ2n) is 4.65. The number of nitrogens with zero attached hydrogens (tertiary/aromatic N) is 1. The lowest BCUT2D eigenvalue weighted by Gasteiger charge is -2.04. The highest BCUT2D eigenvalue weighted by atomic mass is 32.1. The van der Waals surface area contributed by atoms with Crippen molar-refractivity contribution in [2.24, 2.45) is 5.73 Å². The Morgan fingerprint density at radius 1 is 1.29 bits per heavy atom. The summed E-state index contributed by atoms with van der Waals surface area (Å²) in [6, 6.07) is 7.47. The van der Waals surface area contributed by atoms with Gasteiger partial charge in [-0.2, -0.15) is 0 Å². The molecule has 0 spiro atoms. The number of nitrogens with two attached hydrogens (primary N) is 1. The van der Waals surface area contributed by atoms with E-state index in [-0.39, 0.29) is 18.2 Å². The number of hydrogen-bond donors (Lipinski definition) is 2. The van der Waals surface area contributed by atoms with Crippen LogP contribution in [-0.4, -0.2) is 16.8 Å². The molecule has 1 heterocycles. The van der Waals surface area contributed by atoms with E-state index >= 15 is 0 Å². The van der Waals surface area contributed by atoms with Crippen LogP contribution in [0.25, 0.3) is 11.3 Å². The molecular formula is C15H17N3O2S. The summed E-state index contributed by atoms with van der Waals surface area (Å²) in [7, 11) is 0. The molecule has 3 N–H and O–H groups in total. The lowest BCUT2D eigenvalue weighted by Crippen LogP contribution is -2.13. The van der Waals surface area contributed by atoms with Crippen LogP contribution in [0.1, 0.15) is 24.8 Å². The highest BCUT2D eigenvalue weighted by Gasteiger charge is 2.07. The number of rotatable bonds is 6. The Balaban J connectivity index is 2.06.